The molecular formula is C24H25NO3S2. The maximum Gasteiger partial charge on any atom is 0.266 e. The third-order valence-electron chi connectivity index (χ3n) is 4.54. The Bertz CT molecular complexity index is 938. The lowest BCUT2D eigenvalue weighted by molar-refractivity contribution is -0.121. The molecule has 2 aromatic rings. The fraction of sp³-hybridized carbons (Fsp3) is 0.250. The Kier molecular flexibility index (Phi) is 8.11. The van der Waals surface area contributed by atoms with Gasteiger partial charge in [-0.1, -0.05) is 67.3 Å². The van der Waals surface area contributed by atoms with Crippen LogP contribution in [0.25, 0.3) is 6.08 Å². The molecule has 30 heavy (non-hydrogen) atoms. The molecule has 0 aliphatic carbocycles. The molecule has 1 amide bonds. The standard InChI is InChI=1S/C24H25NO3S2/c1-3-14-25-23(26)22(30-24(25)29)17-19-8-5-6-9-21(19)28-16-7-15-27-20-12-10-18(4-2)11-13-20/h3,5-6,8-13,17H,1,4,7,14-16H2,2H3. The molecule has 0 saturated carbocycles. The van der Waals surface area contributed by atoms with Crippen molar-refractivity contribution in [3.05, 3.63) is 77.2 Å². The lowest BCUT2D eigenvalue weighted by Gasteiger charge is -2.11. The lowest BCUT2D eigenvalue weighted by atomic mass is 10.2. The second-order valence-corrected chi connectivity index (χ2v) is 8.34. The van der Waals surface area contributed by atoms with Crippen molar-refractivity contribution in [3.63, 3.8) is 0 Å². The van der Waals surface area contributed by atoms with Gasteiger partial charge in [-0.05, 0) is 36.3 Å². The minimum absolute atomic E-state index is 0.0952. The number of aryl methyl sites for hydroxylation is 1. The summed E-state index contributed by atoms with van der Waals surface area (Å²) >= 11 is 6.60. The molecule has 6 heteroatoms. The summed E-state index contributed by atoms with van der Waals surface area (Å²) in [6, 6.07) is 15.8. The summed E-state index contributed by atoms with van der Waals surface area (Å²) in [4.78, 5) is 14.7. The maximum absolute atomic E-state index is 12.5. The van der Waals surface area contributed by atoms with E-state index >= 15 is 0 Å². The van der Waals surface area contributed by atoms with Crippen molar-refractivity contribution in [3.8, 4) is 11.5 Å². The van der Waals surface area contributed by atoms with Crippen LogP contribution < -0.4 is 9.47 Å². The van der Waals surface area contributed by atoms with E-state index in [4.69, 9.17) is 21.7 Å². The number of rotatable bonds is 10. The van der Waals surface area contributed by atoms with E-state index < -0.39 is 0 Å². The van der Waals surface area contributed by atoms with Crippen LogP contribution in [-0.2, 0) is 11.2 Å². The average Bonchev–Trinajstić information content (AvgIpc) is 3.03. The third kappa shape index (κ3) is 5.74. The van der Waals surface area contributed by atoms with E-state index in [0.717, 1.165) is 29.9 Å². The molecule has 1 saturated heterocycles. The maximum atomic E-state index is 12.5. The van der Waals surface area contributed by atoms with Crippen LogP contribution in [0.1, 0.15) is 24.5 Å². The van der Waals surface area contributed by atoms with Crippen LogP contribution in [0.2, 0.25) is 0 Å². The van der Waals surface area contributed by atoms with Crippen molar-refractivity contribution in [1.29, 1.82) is 0 Å². The Labute approximate surface area is 187 Å². The molecule has 1 fully saturated rings. The van der Waals surface area contributed by atoms with E-state index in [1.165, 1.54) is 17.3 Å². The number of hydrogen-bond donors (Lipinski definition) is 0. The van der Waals surface area contributed by atoms with Crippen LogP contribution in [0.5, 0.6) is 11.5 Å². The van der Waals surface area contributed by atoms with Crippen molar-refractivity contribution < 1.29 is 14.3 Å². The number of thioether (sulfide) groups is 1. The number of para-hydroxylation sites is 1. The summed E-state index contributed by atoms with van der Waals surface area (Å²) in [5, 5.41) is 0. The van der Waals surface area contributed by atoms with Crippen LogP contribution in [-0.4, -0.2) is 34.9 Å². The number of carbonyl (C=O) groups excluding carboxylic acids is 1. The van der Waals surface area contributed by atoms with Gasteiger partial charge in [0.05, 0.1) is 18.1 Å². The van der Waals surface area contributed by atoms with Crippen molar-refractivity contribution in [1.82, 2.24) is 4.90 Å². The molecule has 1 aliphatic heterocycles. The number of benzene rings is 2. The molecule has 0 N–H and O–H groups in total. The Hall–Kier alpha value is -2.57. The number of amides is 1. The van der Waals surface area contributed by atoms with Crippen molar-refractivity contribution in [2.24, 2.45) is 0 Å². The number of carbonyl (C=O) groups is 1. The lowest BCUT2D eigenvalue weighted by Crippen LogP contribution is -2.27. The van der Waals surface area contributed by atoms with Gasteiger partial charge in [0.15, 0.2) is 0 Å². The van der Waals surface area contributed by atoms with Gasteiger partial charge in [0.2, 0.25) is 0 Å². The van der Waals surface area contributed by atoms with E-state index in [-0.39, 0.29) is 5.91 Å². The van der Waals surface area contributed by atoms with E-state index in [0.29, 0.717) is 29.0 Å². The van der Waals surface area contributed by atoms with Crippen LogP contribution in [0.15, 0.2) is 66.1 Å². The molecule has 0 spiro atoms. The smallest absolute Gasteiger partial charge is 0.266 e. The van der Waals surface area contributed by atoms with Gasteiger partial charge in [0.1, 0.15) is 15.8 Å². The van der Waals surface area contributed by atoms with Crippen LogP contribution >= 0.6 is 24.0 Å². The Morgan fingerprint density at radius 2 is 1.83 bits per heavy atom. The van der Waals surface area contributed by atoms with Crippen LogP contribution in [0, 0.1) is 0 Å². The number of ether oxygens (including phenoxy) is 2. The van der Waals surface area contributed by atoms with Gasteiger partial charge in [-0.3, -0.25) is 9.69 Å². The van der Waals surface area contributed by atoms with Gasteiger partial charge in [-0.2, -0.15) is 0 Å². The summed E-state index contributed by atoms with van der Waals surface area (Å²) in [6.45, 7) is 7.33. The normalized spacial score (nSPS) is 15.0. The zero-order chi connectivity index (χ0) is 21.3. The molecule has 3 rings (SSSR count). The van der Waals surface area contributed by atoms with Crippen LogP contribution in [0.4, 0.5) is 0 Å². The minimum Gasteiger partial charge on any atom is -0.493 e. The summed E-state index contributed by atoms with van der Waals surface area (Å²) in [5.41, 5.74) is 2.15. The molecule has 1 aliphatic rings. The largest absolute Gasteiger partial charge is 0.493 e. The predicted molar refractivity (Wildman–Crippen MR) is 128 cm³/mol. The minimum atomic E-state index is -0.0952. The fourth-order valence-electron chi connectivity index (χ4n) is 2.91. The SMILES string of the molecule is C=CCN1C(=O)C(=Cc2ccccc2OCCCOc2ccc(CC)cc2)SC1=S. The summed E-state index contributed by atoms with van der Waals surface area (Å²) in [5.74, 6) is 1.51. The topological polar surface area (TPSA) is 38.8 Å². The Morgan fingerprint density at radius 1 is 1.10 bits per heavy atom. The molecule has 0 aromatic heterocycles. The van der Waals surface area contributed by atoms with Crippen molar-refractivity contribution >= 4 is 40.3 Å². The molecule has 2 aromatic carbocycles. The van der Waals surface area contributed by atoms with Crippen molar-refractivity contribution in [2.45, 2.75) is 19.8 Å². The van der Waals surface area contributed by atoms with Gasteiger partial charge >= 0.3 is 0 Å². The van der Waals surface area contributed by atoms with Gasteiger partial charge in [-0.15, -0.1) is 6.58 Å². The highest BCUT2D eigenvalue weighted by atomic mass is 32.2. The van der Waals surface area contributed by atoms with Gasteiger partial charge < -0.3 is 9.47 Å². The third-order valence-corrected chi connectivity index (χ3v) is 5.92. The van der Waals surface area contributed by atoms with Gasteiger partial charge in [0.25, 0.3) is 5.91 Å². The van der Waals surface area contributed by atoms with E-state index in [9.17, 15) is 4.79 Å². The van der Waals surface area contributed by atoms with Crippen molar-refractivity contribution in [2.75, 3.05) is 19.8 Å². The second kappa shape index (κ2) is 11.0. The van der Waals surface area contributed by atoms with Gasteiger partial charge in [-0.25, -0.2) is 0 Å². The number of nitrogens with zero attached hydrogens (tertiary/aromatic N) is 1. The molecule has 0 bridgehead atoms. The first-order chi connectivity index (χ1) is 14.6. The highest BCUT2D eigenvalue weighted by Gasteiger charge is 2.31. The quantitative estimate of drug-likeness (QED) is 0.212. The molecule has 0 atom stereocenters. The van der Waals surface area contributed by atoms with E-state index in [1.807, 2.05) is 42.5 Å². The average molecular weight is 440 g/mol. The molecule has 156 valence electrons. The first-order valence-corrected chi connectivity index (χ1v) is 11.1. The molecule has 1 heterocycles. The van der Waals surface area contributed by atoms with Gasteiger partial charge in [0, 0.05) is 18.5 Å². The monoisotopic (exact) mass is 439 g/mol. The molecular weight excluding hydrogens is 414 g/mol. The van der Waals surface area contributed by atoms with E-state index in [1.54, 1.807) is 11.0 Å². The highest BCUT2D eigenvalue weighted by Crippen LogP contribution is 2.34. The Morgan fingerprint density at radius 3 is 2.57 bits per heavy atom. The summed E-state index contributed by atoms with van der Waals surface area (Å²) in [7, 11) is 0. The molecule has 0 unspecified atom stereocenters. The van der Waals surface area contributed by atoms with E-state index in [2.05, 4.69) is 25.6 Å². The summed E-state index contributed by atoms with van der Waals surface area (Å²) < 4.78 is 12.3. The fourth-order valence-corrected chi connectivity index (χ4v) is 4.18. The predicted octanol–water partition coefficient (Wildman–Crippen LogP) is 5.48. The number of hydrogen-bond acceptors (Lipinski definition) is 5. The van der Waals surface area contributed by atoms with Crippen LogP contribution in [0.3, 0.4) is 0 Å². The first kappa shape index (κ1) is 22.1. The highest BCUT2D eigenvalue weighted by molar-refractivity contribution is 8.26. The zero-order valence-electron chi connectivity index (χ0n) is 17.0. The summed E-state index contributed by atoms with van der Waals surface area (Å²) in [6.07, 6.45) is 5.28. The molecule has 0 radical (unpaired) electrons. The molecule has 4 nitrogen and oxygen atoms in total. The number of thiocarbonyl (C=S) groups is 1. The Balaban J connectivity index is 1.54. The zero-order valence-corrected chi connectivity index (χ0v) is 18.6. The second-order valence-electron chi connectivity index (χ2n) is 6.67. The first-order valence-electron chi connectivity index (χ1n) is 9.92.